The van der Waals surface area contributed by atoms with Crippen LogP contribution in [-0.4, -0.2) is 19.0 Å². The van der Waals surface area contributed by atoms with Crippen molar-refractivity contribution in [3.63, 3.8) is 0 Å². The van der Waals surface area contributed by atoms with E-state index in [1.54, 1.807) is 12.1 Å². The van der Waals surface area contributed by atoms with E-state index in [-0.39, 0.29) is 11.8 Å². The summed E-state index contributed by atoms with van der Waals surface area (Å²) in [4.78, 5) is 0. The molecule has 100 valence electrons. The molecule has 0 saturated carbocycles. The summed E-state index contributed by atoms with van der Waals surface area (Å²) in [5.74, 6) is -0.243. The fourth-order valence-electron chi connectivity index (χ4n) is 2.06. The minimum absolute atomic E-state index is 0.243. The number of rotatable bonds is 2. The first-order chi connectivity index (χ1) is 8.47. The minimum atomic E-state index is -4.71. The largest absolute Gasteiger partial charge is 0.573 e. The molecule has 0 radical (unpaired) electrons. The van der Waals surface area contributed by atoms with Gasteiger partial charge in [-0.2, -0.15) is 0 Å². The number of nitrogens with two attached hydrogens (primary N) is 1. The predicted molar refractivity (Wildman–Crippen MR) is 59.0 cm³/mol. The fourth-order valence-corrected chi connectivity index (χ4v) is 2.06. The summed E-state index contributed by atoms with van der Waals surface area (Å²) in [6.07, 6.45) is -3.71. The van der Waals surface area contributed by atoms with Crippen LogP contribution in [0.3, 0.4) is 0 Å². The Kier molecular flexibility index (Phi) is 3.77. The molecule has 6 heteroatoms. The second-order valence-corrected chi connectivity index (χ2v) is 4.18. The van der Waals surface area contributed by atoms with E-state index in [9.17, 15) is 13.2 Å². The molecule has 1 heterocycles. The third-order valence-corrected chi connectivity index (χ3v) is 2.82. The van der Waals surface area contributed by atoms with Gasteiger partial charge in [0.25, 0.3) is 0 Å². The summed E-state index contributed by atoms with van der Waals surface area (Å²) in [6.45, 7) is 0.499. The van der Waals surface area contributed by atoms with Crippen LogP contribution >= 0.6 is 0 Å². The van der Waals surface area contributed by atoms with Crippen LogP contribution in [0.2, 0.25) is 0 Å². The van der Waals surface area contributed by atoms with E-state index in [0.29, 0.717) is 12.2 Å². The molecule has 0 aromatic heterocycles. The highest BCUT2D eigenvalue weighted by Crippen LogP contribution is 2.35. The number of ether oxygens (including phenoxy) is 2. The number of para-hydroxylation sites is 1. The van der Waals surface area contributed by atoms with Gasteiger partial charge in [-0.25, -0.2) is 0 Å². The number of halogens is 3. The van der Waals surface area contributed by atoms with E-state index in [0.717, 1.165) is 12.8 Å². The molecule has 1 aromatic rings. The van der Waals surface area contributed by atoms with Crippen LogP contribution in [0.15, 0.2) is 24.3 Å². The third kappa shape index (κ3) is 3.14. The molecule has 3 nitrogen and oxygen atoms in total. The molecule has 0 aliphatic carbocycles. The number of hydrogen-bond donors (Lipinski definition) is 1. The monoisotopic (exact) mass is 261 g/mol. The Morgan fingerprint density at radius 2 is 2.00 bits per heavy atom. The van der Waals surface area contributed by atoms with Crippen molar-refractivity contribution in [3.8, 4) is 5.75 Å². The van der Waals surface area contributed by atoms with Gasteiger partial charge in [0, 0.05) is 18.2 Å². The average molecular weight is 261 g/mol. The van der Waals surface area contributed by atoms with E-state index in [4.69, 9.17) is 10.5 Å². The molecule has 1 saturated heterocycles. The van der Waals surface area contributed by atoms with Gasteiger partial charge in [0.1, 0.15) is 11.9 Å². The molecule has 2 unspecified atom stereocenters. The van der Waals surface area contributed by atoms with Crippen molar-refractivity contribution in [3.05, 3.63) is 29.8 Å². The van der Waals surface area contributed by atoms with Gasteiger partial charge in [-0.05, 0) is 18.9 Å². The minimum Gasteiger partial charge on any atom is -0.405 e. The Hall–Kier alpha value is -1.27. The molecule has 18 heavy (non-hydrogen) atoms. The SMILES string of the molecule is NC1CCCOC1c1ccccc1OC(F)(F)F. The van der Waals surface area contributed by atoms with Gasteiger partial charge in [-0.3, -0.25) is 0 Å². The summed E-state index contributed by atoms with van der Waals surface area (Å²) in [6, 6.07) is 5.64. The molecule has 0 spiro atoms. The summed E-state index contributed by atoms with van der Waals surface area (Å²) in [5.41, 5.74) is 6.23. The van der Waals surface area contributed by atoms with Crippen molar-refractivity contribution in [1.29, 1.82) is 0 Å². The topological polar surface area (TPSA) is 44.5 Å². The Morgan fingerprint density at radius 3 is 2.67 bits per heavy atom. The highest BCUT2D eigenvalue weighted by Gasteiger charge is 2.34. The standard InChI is InChI=1S/C12H14F3NO2/c13-12(14,15)18-10-6-2-1-4-8(10)11-9(16)5-3-7-17-11/h1-2,4,6,9,11H,3,5,7,16H2. The van der Waals surface area contributed by atoms with Gasteiger partial charge in [0.15, 0.2) is 0 Å². The summed E-state index contributed by atoms with van der Waals surface area (Å²) in [5, 5.41) is 0. The van der Waals surface area contributed by atoms with Crippen LogP contribution in [0.1, 0.15) is 24.5 Å². The lowest BCUT2D eigenvalue weighted by Gasteiger charge is -2.30. The van der Waals surface area contributed by atoms with Gasteiger partial charge in [-0.1, -0.05) is 18.2 Å². The maximum Gasteiger partial charge on any atom is 0.573 e. The first kappa shape index (κ1) is 13.2. The highest BCUT2D eigenvalue weighted by atomic mass is 19.4. The van der Waals surface area contributed by atoms with Crippen molar-refractivity contribution < 1.29 is 22.6 Å². The van der Waals surface area contributed by atoms with Crippen molar-refractivity contribution in [2.75, 3.05) is 6.61 Å². The Bertz CT molecular complexity index is 409. The van der Waals surface area contributed by atoms with Crippen LogP contribution in [-0.2, 0) is 4.74 Å². The Balaban J connectivity index is 2.26. The third-order valence-electron chi connectivity index (χ3n) is 2.82. The molecule has 1 aromatic carbocycles. The first-order valence-corrected chi connectivity index (χ1v) is 5.69. The zero-order valence-electron chi connectivity index (χ0n) is 9.61. The second-order valence-electron chi connectivity index (χ2n) is 4.18. The number of alkyl halides is 3. The van der Waals surface area contributed by atoms with Crippen molar-refractivity contribution in [1.82, 2.24) is 0 Å². The normalized spacial score (nSPS) is 24.9. The van der Waals surface area contributed by atoms with Gasteiger partial charge in [0.2, 0.25) is 0 Å². The molecular weight excluding hydrogens is 247 g/mol. The van der Waals surface area contributed by atoms with Crippen LogP contribution in [0, 0.1) is 0 Å². The van der Waals surface area contributed by atoms with Crippen molar-refractivity contribution >= 4 is 0 Å². The number of benzene rings is 1. The lowest BCUT2D eigenvalue weighted by molar-refractivity contribution is -0.275. The zero-order chi connectivity index (χ0) is 13.2. The van der Waals surface area contributed by atoms with Gasteiger partial charge in [-0.15, -0.1) is 13.2 Å². The maximum atomic E-state index is 12.3. The van der Waals surface area contributed by atoms with Gasteiger partial charge < -0.3 is 15.2 Å². The predicted octanol–water partition coefficient (Wildman–Crippen LogP) is 2.76. The van der Waals surface area contributed by atoms with Crippen LogP contribution < -0.4 is 10.5 Å². The van der Waals surface area contributed by atoms with Crippen LogP contribution in [0.5, 0.6) is 5.75 Å². The van der Waals surface area contributed by atoms with Crippen LogP contribution in [0.25, 0.3) is 0 Å². The molecule has 1 aliphatic heterocycles. The molecule has 2 atom stereocenters. The quantitative estimate of drug-likeness (QED) is 0.890. The summed E-state index contributed by atoms with van der Waals surface area (Å²) < 4.78 is 46.3. The highest BCUT2D eigenvalue weighted by molar-refractivity contribution is 5.36. The summed E-state index contributed by atoms with van der Waals surface area (Å²) in [7, 11) is 0. The van der Waals surface area contributed by atoms with E-state index < -0.39 is 12.5 Å². The van der Waals surface area contributed by atoms with E-state index in [1.165, 1.54) is 12.1 Å². The Labute approximate surface area is 103 Å². The second kappa shape index (κ2) is 5.16. The summed E-state index contributed by atoms with van der Waals surface area (Å²) >= 11 is 0. The molecule has 0 amide bonds. The fraction of sp³-hybridized carbons (Fsp3) is 0.500. The molecule has 0 bridgehead atoms. The number of hydrogen-bond acceptors (Lipinski definition) is 3. The molecule has 1 aliphatic rings. The average Bonchev–Trinajstić information content (AvgIpc) is 2.29. The molecule has 1 fully saturated rings. The lowest BCUT2D eigenvalue weighted by atomic mass is 9.96. The van der Waals surface area contributed by atoms with Gasteiger partial charge >= 0.3 is 6.36 Å². The van der Waals surface area contributed by atoms with E-state index in [1.807, 2.05) is 0 Å². The smallest absolute Gasteiger partial charge is 0.405 e. The molecular formula is C12H14F3NO2. The van der Waals surface area contributed by atoms with Crippen molar-refractivity contribution in [2.45, 2.75) is 31.3 Å². The van der Waals surface area contributed by atoms with E-state index in [2.05, 4.69) is 4.74 Å². The zero-order valence-corrected chi connectivity index (χ0v) is 9.61. The lowest BCUT2D eigenvalue weighted by Crippen LogP contribution is -2.35. The maximum absolute atomic E-state index is 12.3. The molecule has 2 N–H and O–H groups in total. The van der Waals surface area contributed by atoms with Gasteiger partial charge in [0.05, 0.1) is 0 Å². The van der Waals surface area contributed by atoms with E-state index >= 15 is 0 Å². The first-order valence-electron chi connectivity index (χ1n) is 5.69. The van der Waals surface area contributed by atoms with Crippen LogP contribution in [0.4, 0.5) is 13.2 Å². The molecule has 2 rings (SSSR count). The Morgan fingerprint density at radius 1 is 1.28 bits per heavy atom. The van der Waals surface area contributed by atoms with Crippen molar-refractivity contribution in [2.24, 2.45) is 5.73 Å².